The zero-order chi connectivity index (χ0) is 43.7. The van der Waals surface area contributed by atoms with Gasteiger partial charge in [0.2, 0.25) is 0 Å². The molecule has 350 valence electrons. The number of rotatable bonds is 47. The van der Waals surface area contributed by atoms with Crippen molar-refractivity contribution in [2.75, 3.05) is 13.2 Å². The molecular weight excluding hydrogens is 745 g/mol. The van der Waals surface area contributed by atoms with E-state index in [1.54, 1.807) is 0 Å². The van der Waals surface area contributed by atoms with E-state index in [0.29, 0.717) is 19.3 Å². The SMILES string of the molecule is CCCCC/C=C\C/C=C\CCCCCCCC(=O)O[C@H](COC(=O)CCCCCCC/C=C\CCCCCCCC)COC(=O)CCCCCCCCCCCCCC. The van der Waals surface area contributed by atoms with E-state index >= 15 is 0 Å². The van der Waals surface area contributed by atoms with Gasteiger partial charge in [0.05, 0.1) is 0 Å². The number of allylic oxidation sites excluding steroid dienone is 6. The van der Waals surface area contributed by atoms with Crippen molar-refractivity contribution < 1.29 is 28.6 Å². The monoisotopic (exact) mass is 843 g/mol. The number of hydrogen-bond donors (Lipinski definition) is 0. The van der Waals surface area contributed by atoms with Crippen LogP contribution in [0.2, 0.25) is 0 Å². The summed E-state index contributed by atoms with van der Waals surface area (Å²) in [5, 5.41) is 0. The predicted molar refractivity (Wildman–Crippen MR) is 256 cm³/mol. The molecule has 0 aliphatic carbocycles. The van der Waals surface area contributed by atoms with Gasteiger partial charge < -0.3 is 14.2 Å². The summed E-state index contributed by atoms with van der Waals surface area (Å²) in [6.45, 7) is 6.60. The van der Waals surface area contributed by atoms with Crippen LogP contribution in [0.25, 0.3) is 0 Å². The van der Waals surface area contributed by atoms with Crippen molar-refractivity contribution in [1.29, 1.82) is 0 Å². The summed E-state index contributed by atoms with van der Waals surface area (Å²) in [7, 11) is 0. The molecule has 0 saturated heterocycles. The van der Waals surface area contributed by atoms with Crippen LogP contribution in [-0.4, -0.2) is 37.2 Å². The highest BCUT2D eigenvalue weighted by Crippen LogP contribution is 2.15. The molecule has 0 rings (SSSR count). The third kappa shape index (κ3) is 46.7. The van der Waals surface area contributed by atoms with Crippen LogP contribution in [0.4, 0.5) is 0 Å². The number of hydrogen-bond acceptors (Lipinski definition) is 6. The van der Waals surface area contributed by atoms with Gasteiger partial charge >= 0.3 is 17.9 Å². The quantitative estimate of drug-likeness (QED) is 0.0263. The molecule has 0 aromatic rings. The number of esters is 3. The Labute approximate surface area is 372 Å². The predicted octanol–water partition coefficient (Wildman–Crippen LogP) is 16.9. The molecule has 0 aliphatic rings. The highest BCUT2D eigenvalue weighted by molar-refractivity contribution is 5.71. The number of unbranched alkanes of at least 4 members (excludes halogenated alkanes) is 30. The van der Waals surface area contributed by atoms with Gasteiger partial charge in [0.1, 0.15) is 13.2 Å². The summed E-state index contributed by atoms with van der Waals surface area (Å²) in [6.07, 6.45) is 56.9. The lowest BCUT2D eigenvalue weighted by Gasteiger charge is -2.18. The van der Waals surface area contributed by atoms with Gasteiger partial charge in [-0.2, -0.15) is 0 Å². The van der Waals surface area contributed by atoms with Gasteiger partial charge in [0.15, 0.2) is 6.10 Å². The molecule has 0 aliphatic heterocycles. The molecule has 0 aromatic carbocycles. The molecule has 0 heterocycles. The molecule has 0 saturated carbocycles. The molecule has 6 nitrogen and oxygen atoms in total. The first-order valence-corrected chi connectivity index (χ1v) is 26.0. The van der Waals surface area contributed by atoms with Gasteiger partial charge in [0, 0.05) is 19.3 Å². The number of ether oxygens (including phenoxy) is 3. The van der Waals surface area contributed by atoms with Gasteiger partial charge in [-0.25, -0.2) is 0 Å². The molecule has 0 N–H and O–H groups in total. The summed E-state index contributed by atoms with van der Waals surface area (Å²) in [5.41, 5.74) is 0. The second kappa shape index (κ2) is 49.3. The highest BCUT2D eigenvalue weighted by Gasteiger charge is 2.19. The normalized spacial score (nSPS) is 12.2. The van der Waals surface area contributed by atoms with Crippen LogP contribution >= 0.6 is 0 Å². The fourth-order valence-electron chi connectivity index (χ4n) is 7.41. The van der Waals surface area contributed by atoms with Crippen molar-refractivity contribution >= 4 is 17.9 Å². The average molecular weight is 843 g/mol. The Morgan fingerprint density at radius 1 is 0.333 bits per heavy atom. The van der Waals surface area contributed by atoms with E-state index in [1.807, 2.05) is 0 Å². The minimum absolute atomic E-state index is 0.0777. The minimum Gasteiger partial charge on any atom is -0.462 e. The van der Waals surface area contributed by atoms with E-state index in [0.717, 1.165) is 89.9 Å². The Balaban J connectivity index is 4.39. The highest BCUT2D eigenvalue weighted by atomic mass is 16.6. The van der Waals surface area contributed by atoms with Crippen molar-refractivity contribution in [1.82, 2.24) is 0 Å². The Hall–Kier alpha value is -2.37. The lowest BCUT2D eigenvalue weighted by Crippen LogP contribution is -2.30. The van der Waals surface area contributed by atoms with Gasteiger partial charge in [-0.05, 0) is 77.0 Å². The maximum atomic E-state index is 12.8. The largest absolute Gasteiger partial charge is 0.462 e. The van der Waals surface area contributed by atoms with E-state index < -0.39 is 6.10 Å². The van der Waals surface area contributed by atoms with Gasteiger partial charge in [-0.3, -0.25) is 14.4 Å². The van der Waals surface area contributed by atoms with Crippen molar-refractivity contribution in [2.45, 2.75) is 277 Å². The number of carbonyl (C=O) groups excluding carboxylic acids is 3. The maximum Gasteiger partial charge on any atom is 0.306 e. The second-order valence-electron chi connectivity index (χ2n) is 17.4. The Morgan fingerprint density at radius 3 is 0.967 bits per heavy atom. The van der Waals surface area contributed by atoms with E-state index in [4.69, 9.17) is 14.2 Å². The van der Waals surface area contributed by atoms with Crippen LogP contribution in [0.5, 0.6) is 0 Å². The first kappa shape index (κ1) is 57.6. The van der Waals surface area contributed by atoms with Crippen molar-refractivity contribution in [3.63, 3.8) is 0 Å². The standard InChI is InChI=1S/C54H98O6/c1-4-7-10-13-16-19-22-25-27-29-32-35-38-41-44-47-53(56)59-50-51(49-58-52(55)46-43-40-37-34-31-24-21-18-15-12-9-6-3)60-54(57)48-45-42-39-36-33-30-28-26-23-20-17-14-11-8-5-2/h17,20,25-28,51H,4-16,18-19,21-24,29-50H2,1-3H3/b20-17-,27-25-,28-26-/t51-/m0/s1. The first-order valence-electron chi connectivity index (χ1n) is 26.0. The van der Waals surface area contributed by atoms with Gasteiger partial charge in [0.25, 0.3) is 0 Å². The molecule has 0 amide bonds. The Morgan fingerprint density at radius 2 is 0.600 bits per heavy atom. The van der Waals surface area contributed by atoms with E-state index in [1.165, 1.54) is 141 Å². The van der Waals surface area contributed by atoms with E-state index in [-0.39, 0.29) is 31.1 Å². The smallest absolute Gasteiger partial charge is 0.306 e. The molecule has 0 aromatic heterocycles. The zero-order valence-corrected chi connectivity index (χ0v) is 40.0. The third-order valence-electron chi connectivity index (χ3n) is 11.4. The van der Waals surface area contributed by atoms with Crippen molar-refractivity contribution in [2.24, 2.45) is 0 Å². The van der Waals surface area contributed by atoms with E-state index in [9.17, 15) is 14.4 Å². The van der Waals surface area contributed by atoms with Crippen molar-refractivity contribution in [3.8, 4) is 0 Å². The third-order valence-corrected chi connectivity index (χ3v) is 11.4. The fraction of sp³-hybridized carbons (Fsp3) is 0.833. The molecule has 60 heavy (non-hydrogen) atoms. The summed E-state index contributed by atoms with van der Waals surface area (Å²) >= 11 is 0. The summed E-state index contributed by atoms with van der Waals surface area (Å²) in [4.78, 5) is 37.9. The lowest BCUT2D eigenvalue weighted by atomic mass is 10.0. The number of carbonyl (C=O) groups is 3. The van der Waals surface area contributed by atoms with Crippen LogP contribution in [-0.2, 0) is 28.6 Å². The second-order valence-corrected chi connectivity index (χ2v) is 17.4. The minimum atomic E-state index is -0.778. The topological polar surface area (TPSA) is 78.9 Å². The molecule has 0 unspecified atom stereocenters. The van der Waals surface area contributed by atoms with E-state index in [2.05, 4.69) is 57.2 Å². The summed E-state index contributed by atoms with van der Waals surface area (Å²) in [5.74, 6) is -0.891. The van der Waals surface area contributed by atoms with Crippen molar-refractivity contribution in [3.05, 3.63) is 36.5 Å². The molecular formula is C54H98O6. The molecule has 6 heteroatoms. The van der Waals surface area contributed by atoms with Crippen LogP contribution in [0, 0.1) is 0 Å². The average Bonchev–Trinajstić information content (AvgIpc) is 3.24. The first-order chi connectivity index (χ1) is 29.5. The van der Waals surface area contributed by atoms with Gasteiger partial charge in [-0.1, -0.05) is 211 Å². The van der Waals surface area contributed by atoms with Crippen LogP contribution in [0.15, 0.2) is 36.5 Å². The maximum absolute atomic E-state index is 12.8. The van der Waals surface area contributed by atoms with Crippen LogP contribution in [0.3, 0.4) is 0 Å². The van der Waals surface area contributed by atoms with Crippen LogP contribution < -0.4 is 0 Å². The summed E-state index contributed by atoms with van der Waals surface area (Å²) in [6, 6.07) is 0. The van der Waals surface area contributed by atoms with Gasteiger partial charge in [-0.15, -0.1) is 0 Å². The molecule has 0 bridgehead atoms. The lowest BCUT2D eigenvalue weighted by molar-refractivity contribution is -0.167. The molecule has 0 radical (unpaired) electrons. The molecule has 0 fully saturated rings. The molecule has 0 spiro atoms. The summed E-state index contributed by atoms with van der Waals surface area (Å²) < 4.78 is 16.8. The Kier molecular flexibility index (Phi) is 47.3. The fourth-order valence-corrected chi connectivity index (χ4v) is 7.41. The Bertz CT molecular complexity index is 1020. The van der Waals surface area contributed by atoms with Crippen LogP contribution in [0.1, 0.15) is 271 Å². The molecule has 1 atom stereocenters. The zero-order valence-electron chi connectivity index (χ0n) is 40.0.